The number of hydrogen-bond acceptors (Lipinski definition) is 4. The van der Waals surface area contributed by atoms with Gasteiger partial charge in [-0.3, -0.25) is 4.79 Å². The molecule has 1 unspecified atom stereocenters. The third-order valence-corrected chi connectivity index (χ3v) is 3.61. The van der Waals surface area contributed by atoms with Gasteiger partial charge in [-0.25, -0.2) is 9.48 Å². The number of hydrogen-bond donors (Lipinski definition) is 2. The first-order valence-corrected chi connectivity index (χ1v) is 7.81. The van der Waals surface area contributed by atoms with Gasteiger partial charge in [0.1, 0.15) is 17.5 Å². The smallest absolute Gasteiger partial charge is 0.326 e. The average Bonchev–Trinajstić information content (AvgIpc) is 3.08. The molecular weight excluding hydrogens is 322 g/mol. The number of nitrogens with zero attached hydrogens (tertiary/aromatic N) is 2. The Bertz CT molecular complexity index is 795. The van der Waals surface area contributed by atoms with Gasteiger partial charge >= 0.3 is 5.97 Å². The number of carbonyl (C=O) groups is 2. The second kappa shape index (κ2) is 8.14. The summed E-state index contributed by atoms with van der Waals surface area (Å²) in [7, 11) is 1.56. The number of ether oxygens (including phenoxy) is 1. The highest BCUT2D eigenvalue weighted by molar-refractivity contribution is 5.95. The fourth-order valence-electron chi connectivity index (χ4n) is 2.28. The molecule has 0 aliphatic rings. The maximum absolute atomic E-state index is 12.3. The highest BCUT2D eigenvalue weighted by Crippen LogP contribution is 2.23. The van der Waals surface area contributed by atoms with Crippen LogP contribution in [-0.2, 0) is 4.79 Å². The second-order valence-corrected chi connectivity index (χ2v) is 5.49. The molecule has 7 heteroatoms. The Labute approximate surface area is 145 Å². The van der Waals surface area contributed by atoms with E-state index in [0.29, 0.717) is 11.4 Å². The summed E-state index contributed by atoms with van der Waals surface area (Å²) in [5.74, 6) is -1.01. The summed E-state index contributed by atoms with van der Waals surface area (Å²) in [5, 5.41) is 15.9. The molecule has 0 saturated heterocycles. The zero-order valence-electron chi connectivity index (χ0n) is 14.4. The maximum Gasteiger partial charge on any atom is 0.326 e. The van der Waals surface area contributed by atoms with E-state index in [-0.39, 0.29) is 12.1 Å². The number of aliphatic carboxylic acids is 1. The summed E-state index contributed by atoms with van der Waals surface area (Å²) >= 11 is 0. The number of benzene rings is 1. The predicted molar refractivity (Wildman–Crippen MR) is 93.2 cm³/mol. The van der Waals surface area contributed by atoms with Gasteiger partial charge in [-0.2, -0.15) is 5.10 Å². The monoisotopic (exact) mass is 343 g/mol. The molecule has 1 heterocycles. The largest absolute Gasteiger partial charge is 0.494 e. The first kappa shape index (κ1) is 18.3. The van der Waals surface area contributed by atoms with Crippen molar-refractivity contribution in [2.45, 2.75) is 26.3 Å². The highest BCUT2D eigenvalue weighted by atomic mass is 16.5. The predicted octanol–water partition coefficient (Wildman–Crippen LogP) is 2.34. The number of carbonyl (C=O) groups excluding carboxylic acids is 1. The van der Waals surface area contributed by atoms with Crippen LogP contribution < -0.4 is 10.1 Å². The number of methoxy groups -OCH3 is 1. The van der Waals surface area contributed by atoms with Crippen molar-refractivity contribution >= 4 is 11.9 Å². The van der Waals surface area contributed by atoms with Crippen LogP contribution in [-0.4, -0.2) is 39.9 Å². The molecule has 1 amide bonds. The molecule has 132 valence electrons. The van der Waals surface area contributed by atoms with Crippen molar-refractivity contribution in [3.8, 4) is 11.4 Å². The van der Waals surface area contributed by atoms with E-state index in [1.165, 1.54) is 10.7 Å². The van der Waals surface area contributed by atoms with E-state index in [1.807, 2.05) is 25.1 Å². The lowest BCUT2D eigenvalue weighted by Crippen LogP contribution is -2.40. The highest BCUT2D eigenvalue weighted by Gasteiger charge is 2.21. The number of rotatable bonds is 7. The number of nitrogens with one attached hydrogen (secondary N) is 1. The van der Waals surface area contributed by atoms with Crippen molar-refractivity contribution in [2.24, 2.45) is 0 Å². The Morgan fingerprint density at radius 2 is 2.16 bits per heavy atom. The minimum absolute atomic E-state index is 0.135. The van der Waals surface area contributed by atoms with Crippen LogP contribution in [0.4, 0.5) is 0 Å². The summed E-state index contributed by atoms with van der Waals surface area (Å²) in [5.41, 5.74) is 1.86. The summed E-state index contributed by atoms with van der Waals surface area (Å²) in [6.07, 6.45) is 5.27. The van der Waals surface area contributed by atoms with Crippen LogP contribution in [0.1, 0.15) is 29.4 Å². The number of aromatic nitrogens is 2. The van der Waals surface area contributed by atoms with Gasteiger partial charge < -0.3 is 15.2 Å². The third kappa shape index (κ3) is 4.47. The third-order valence-electron chi connectivity index (χ3n) is 3.61. The number of carboxylic acid groups (broad SMARTS) is 1. The Balaban J connectivity index is 2.22. The Kier molecular flexibility index (Phi) is 5.94. The molecule has 0 bridgehead atoms. The van der Waals surface area contributed by atoms with Crippen molar-refractivity contribution in [1.29, 1.82) is 0 Å². The topological polar surface area (TPSA) is 93.5 Å². The molecular formula is C18H21N3O4. The van der Waals surface area contributed by atoms with Gasteiger partial charge in [-0.05, 0) is 44.0 Å². The fraction of sp³-hybridized carbons (Fsp3) is 0.278. The molecule has 1 aromatic carbocycles. The van der Waals surface area contributed by atoms with Crippen molar-refractivity contribution in [1.82, 2.24) is 15.1 Å². The first-order chi connectivity index (χ1) is 12.0. The zero-order valence-corrected chi connectivity index (χ0v) is 14.4. The number of allylic oxidation sites excluding steroid dienone is 1. The molecule has 7 nitrogen and oxygen atoms in total. The van der Waals surface area contributed by atoms with E-state index in [0.717, 1.165) is 5.56 Å². The first-order valence-electron chi connectivity index (χ1n) is 7.81. The minimum Gasteiger partial charge on any atom is -0.494 e. The molecule has 2 aromatic rings. The quantitative estimate of drug-likeness (QED) is 0.753. The molecule has 0 aliphatic carbocycles. The lowest BCUT2D eigenvalue weighted by atomic mass is 10.2. The van der Waals surface area contributed by atoms with Crippen LogP contribution in [0.25, 0.3) is 5.69 Å². The summed E-state index contributed by atoms with van der Waals surface area (Å²) in [6, 6.07) is 6.16. The average molecular weight is 343 g/mol. The number of amides is 1. The van der Waals surface area contributed by atoms with Crippen LogP contribution in [0.15, 0.2) is 42.6 Å². The molecule has 25 heavy (non-hydrogen) atoms. The van der Waals surface area contributed by atoms with Crippen LogP contribution in [0.5, 0.6) is 5.75 Å². The molecule has 1 atom stereocenters. The van der Waals surface area contributed by atoms with Gasteiger partial charge in [0.2, 0.25) is 0 Å². The van der Waals surface area contributed by atoms with Crippen LogP contribution >= 0.6 is 0 Å². The summed E-state index contributed by atoms with van der Waals surface area (Å²) in [4.78, 5) is 23.5. The number of aryl methyl sites for hydroxylation is 1. The summed E-state index contributed by atoms with van der Waals surface area (Å²) in [6.45, 7) is 3.73. The van der Waals surface area contributed by atoms with Gasteiger partial charge in [-0.1, -0.05) is 18.2 Å². The van der Waals surface area contributed by atoms with Gasteiger partial charge in [0.15, 0.2) is 5.69 Å². The van der Waals surface area contributed by atoms with E-state index >= 15 is 0 Å². The molecule has 2 rings (SSSR count). The minimum atomic E-state index is -1.09. The van der Waals surface area contributed by atoms with E-state index in [4.69, 9.17) is 4.74 Å². The molecule has 0 aliphatic heterocycles. The number of carboxylic acids is 1. The van der Waals surface area contributed by atoms with Gasteiger partial charge in [0.25, 0.3) is 5.91 Å². The Hall–Kier alpha value is -3.09. The van der Waals surface area contributed by atoms with Crippen molar-refractivity contribution in [2.75, 3.05) is 7.11 Å². The Morgan fingerprint density at radius 1 is 1.40 bits per heavy atom. The van der Waals surface area contributed by atoms with E-state index in [1.54, 1.807) is 32.4 Å². The van der Waals surface area contributed by atoms with Gasteiger partial charge in [-0.15, -0.1) is 0 Å². The normalized spacial score (nSPS) is 12.1. The maximum atomic E-state index is 12.3. The van der Waals surface area contributed by atoms with E-state index in [2.05, 4.69) is 10.4 Å². The zero-order chi connectivity index (χ0) is 18.4. The summed E-state index contributed by atoms with van der Waals surface area (Å²) < 4.78 is 6.85. The standard InChI is InChI=1S/C18H21N3O4/c1-4-5-6-14(18(23)24)19-17(22)13-9-10-21(20-13)15-11-12(2)7-8-16(15)25-3/h4-5,7-11,14H,6H2,1-3H3,(H,19,22)(H,23,24)/b5-4+. The molecule has 0 spiro atoms. The van der Waals surface area contributed by atoms with E-state index < -0.39 is 17.9 Å². The van der Waals surface area contributed by atoms with Crippen LogP contribution in [0.3, 0.4) is 0 Å². The molecule has 0 fully saturated rings. The second-order valence-electron chi connectivity index (χ2n) is 5.49. The van der Waals surface area contributed by atoms with Crippen molar-refractivity contribution in [3.63, 3.8) is 0 Å². The SMILES string of the molecule is C/C=C/CC(NC(=O)c1ccn(-c2cc(C)ccc2OC)n1)C(=O)O. The molecule has 2 N–H and O–H groups in total. The van der Waals surface area contributed by atoms with Crippen molar-refractivity contribution < 1.29 is 19.4 Å². The van der Waals surface area contributed by atoms with Gasteiger partial charge in [0, 0.05) is 6.20 Å². The lowest BCUT2D eigenvalue weighted by molar-refractivity contribution is -0.139. The molecule has 0 saturated carbocycles. The van der Waals surface area contributed by atoms with E-state index in [9.17, 15) is 14.7 Å². The van der Waals surface area contributed by atoms with Gasteiger partial charge in [0.05, 0.1) is 7.11 Å². The van der Waals surface area contributed by atoms with Crippen LogP contribution in [0.2, 0.25) is 0 Å². The molecule has 1 aromatic heterocycles. The molecule has 0 radical (unpaired) electrons. The Morgan fingerprint density at radius 3 is 2.80 bits per heavy atom. The van der Waals surface area contributed by atoms with Crippen LogP contribution in [0, 0.1) is 6.92 Å². The van der Waals surface area contributed by atoms with Crippen molar-refractivity contribution in [3.05, 3.63) is 53.9 Å². The lowest BCUT2D eigenvalue weighted by Gasteiger charge is -2.11. The fourth-order valence-corrected chi connectivity index (χ4v) is 2.28.